The Morgan fingerprint density at radius 2 is 2.28 bits per heavy atom. The maximum atomic E-state index is 11.6. The number of β-amino-alcohol motifs (C(OH)–C–C–N with tert-alkyl or cyclic N) is 1. The van der Waals surface area contributed by atoms with E-state index in [1.807, 2.05) is 13.8 Å². The van der Waals surface area contributed by atoms with Crippen LogP contribution in [-0.4, -0.2) is 45.2 Å². The predicted molar refractivity (Wildman–Crippen MR) is 63.9 cm³/mol. The summed E-state index contributed by atoms with van der Waals surface area (Å²) in [5.74, 6) is 1.65. The SMILES string of the molecule is CC(C)c1noc(CCCC(=O)N2CC(O)C2)n1. The Hall–Kier alpha value is -1.43. The highest BCUT2D eigenvalue weighted by atomic mass is 16.5. The molecule has 1 aromatic heterocycles. The molecule has 1 aliphatic rings. The third kappa shape index (κ3) is 3.07. The van der Waals surface area contributed by atoms with E-state index in [1.165, 1.54) is 0 Å². The van der Waals surface area contributed by atoms with E-state index in [2.05, 4.69) is 10.1 Å². The third-order valence-corrected chi connectivity index (χ3v) is 3.00. The van der Waals surface area contributed by atoms with Crippen LogP contribution in [-0.2, 0) is 11.2 Å². The maximum Gasteiger partial charge on any atom is 0.226 e. The minimum Gasteiger partial charge on any atom is -0.389 e. The van der Waals surface area contributed by atoms with Crippen LogP contribution >= 0.6 is 0 Å². The number of hydrogen-bond acceptors (Lipinski definition) is 5. The van der Waals surface area contributed by atoms with E-state index in [4.69, 9.17) is 9.63 Å². The number of likely N-dealkylation sites (tertiary alicyclic amines) is 1. The van der Waals surface area contributed by atoms with Crippen LogP contribution in [0.3, 0.4) is 0 Å². The molecule has 6 heteroatoms. The summed E-state index contributed by atoms with van der Waals surface area (Å²) in [6.07, 6.45) is 1.46. The van der Waals surface area contributed by atoms with Crippen molar-refractivity contribution in [1.29, 1.82) is 0 Å². The van der Waals surface area contributed by atoms with Crippen LogP contribution in [0.2, 0.25) is 0 Å². The summed E-state index contributed by atoms with van der Waals surface area (Å²) in [6.45, 7) is 4.95. The number of hydrogen-bond donors (Lipinski definition) is 1. The lowest BCUT2D eigenvalue weighted by atomic mass is 10.1. The van der Waals surface area contributed by atoms with Crippen molar-refractivity contribution >= 4 is 5.91 Å². The van der Waals surface area contributed by atoms with Gasteiger partial charge in [-0.2, -0.15) is 4.98 Å². The van der Waals surface area contributed by atoms with Crippen molar-refractivity contribution in [2.24, 2.45) is 0 Å². The molecule has 2 rings (SSSR count). The molecule has 6 nitrogen and oxygen atoms in total. The van der Waals surface area contributed by atoms with Gasteiger partial charge in [-0.25, -0.2) is 0 Å². The monoisotopic (exact) mass is 253 g/mol. The van der Waals surface area contributed by atoms with Crippen LogP contribution in [0.15, 0.2) is 4.52 Å². The summed E-state index contributed by atoms with van der Waals surface area (Å²) in [7, 11) is 0. The second-order valence-electron chi connectivity index (χ2n) is 5.01. The molecule has 1 N–H and O–H groups in total. The standard InChI is InChI=1S/C12H19N3O3/c1-8(2)12-13-10(18-14-12)4-3-5-11(17)15-6-9(16)7-15/h8-9,16H,3-7H2,1-2H3. The first-order valence-corrected chi connectivity index (χ1v) is 6.34. The fourth-order valence-electron chi connectivity index (χ4n) is 1.81. The molecule has 0 atom stereocenters. The molecule has 1 aliphatic heterocycles. The molecule has 0 spiro atoms. The smallest absolute Gasteiger partial charge is 0.226 e. The summed E-state index contributed by atoms with van der Waals surface area (Å²) in [5, 5.41) is 13.0. The van der Waals surface area contributed by atoms with E-state index in [1.54, 1.807) is 4.90 Å². The lowest BCUT2D eigenvalue weighted by Crippen LogP contribution is -2.53. The van der Waals surface area contributed by atoms with E-state index >= 15 is 0 Å². The van der Waals surface area contributed by atoms with Crippen molar-refractivity contribution < 1.29 is 14.4 Å². The van der Waals surface area contributed by atoms with Crippen molar-refractivity contribution in [3.05, 3.63) is 11.7 Å². The lowest BCUT2D eigenvalue weighted by Gasteiger charge is -2.35. The number of aromatic nitrogens is 2. The Bertz CT molecular complexity index is 410. The number of carbonyl (C=O) groups is 1. The fraction of sp³-hybridized carbons (Fsp3) is 0.750. The Labute approximate surface area is 106 Å². The zero-order valence-corrected chi connectivity index (χ0v) is 10.8. The predicted octanol–water partition coefficient (Wildman–Crippen LogP) is 0.719. The highest BCUT2D eigenvalue weighted by molar-refractivity contribution is 5.77. The molecule has 0 aromatic carbocycles. The number of carbonyl (C=O) groups excluding carboxylic acids is 1. The van der Waals surface area contributed by atoms with Gasteiger partial charge >= 0.3 is 0 Å². The Morgan fingerprint density at radius 3 is 2.83 bits per heavy atom. The molecule has 0 unspecified atom stereocenters. The first-order chi connectivity index (χ1) is 8.56. The topological polar surface area (TPSA) is 79.5 Å². The van der Waals surface area contributed by atoms with E-state index in [9.17, 15) is 4.79 Å². The van der Waals surface area contributed by atoms with Crippen molar-refractivity contribution in [2.45, 2.75) is 45.1 Å². The van der Waals surface area contributed by atoms with Crippen LogP contribution in [0.25, 0.3) is 0 Å². The molecule has 0 bridgehead atoms. The van der Waals surface area contributed by atoms with Gasteiger partial charge in [0.05, 0.1) is 6.10 Å². The van der Waals surface area contributed by atoms with Gasteiger partial charge in [0.1, 0.15) is 0 Å². The molecule has 2 heterocycles. The van der Waals surface area contributed by atoms with Crippen molar-refractivity contribution in [2.75, 3.05) is 13.1 Å². The van der Waals surface area contributed by atoms with Gasteiger partial charge in [0.2, 0.25) is 11.8 Å². The normalized spacial score (nSPS) is 16.1. The van der Waals surface area contributed by atoms with Crippen molar-refractivity contribution in [1.82, 2.24) is 15.0 Å². The molecule has 1 fully saturated rings. The minimum atomic E-state index is -0.335. The number of aryl methyl sites for hydroxylation is 1. The first kappa shape index (κ1) is 13.0. The van der Waals surface area contributed by atoms with Gasteiger partial charge in [-0.3, -0.25) is 4.79 Å². The first-order valence-electron chi connectivity index (χ1n) is 6.34. The number of aliphatic hydroxyl groups is 1. The quantitative estimate of drug-likeness (QED) is 0.836. The third-order valence-electron chi connectivity index (χ3n) is 3.00. The molecule has 0 aliphatic carbocycles. The second kappa shape index (κ2) is 5.48. The molecular weight excluding hydrogens is 234 g/mol. The van der Waals surface area contributed by atoms with Crippen LogP contribution in [0.5, 0.6) is 0 Å². The summed E-state index contributed by atoms with van der Waals surface area (Å²) in [6, 6.07) is 0. The number of amides is 1. The van der Waals surface area contributed by atoms with Gasteiger partial charge in [0.15, 0.2) is 5.82 Å². The summed E-state index contributed by atoms with van der Waals surface area (Å²) >= 11 is 0. The van der Waals surface area contributed by atoms with Crippen LogP contribution in [0.1, 0.15) is 44.3 Å². The Balaban J connectivity index is 1.69. The number of aliphatic hydroxyl groups excluding tert-OH is 1. The van der Waals surface area contributed by atoms with Crippen LogP contribution in [0.4, 0.5) is 0 Å². The molecule has 1 saturated heterocycles. The molecule has 0 radical (unpaired) electrons. The van der Waals surface area contributed by atoms with Crippen LogP contribution in [0, 0.1) is 0 Å². The molecule has 1 aromatic rings. The summed E-state index contributed by atoms with van der Waals surface area (Å²) in [4.78, 5) is 17.5. The highest BCUT2D eigenvalue weighted by Crippen LogP contribution is 2.13. The summed E-state index contributed by atoms with van der Waals surface area (Å²) in [5.41, 5.74) is 0. The molecule has 0 saturated carbocycles. The van der Waals surface area contributed by atoms with Crippen LogP contribution < -0.4 is 0 Å². The van der Waals surface area contributed by atoms with E-state index in [-0.39, 0.29) is 17.9 Å². The average molecular weight is 253 g/mol. The van der Waals surface area contributed by atoms with Crippen molar-refractivity contribution in [3.63, 3.8) is 0 Å². The Kier molecular flexibility index (Phi) is 3.96. The average Bonchev–Trinajstić information content (AvgIpc) is 2.73. The van der Waals surface area contributed by atoms with Gasteiger partial charge < -0.3 is 14.5 Å². The van der Waals surface area contributed by atoms with Gasteiger partial charge in [-0.15, -0.1) is 0 Å². The molecule has 1 amide bonds. The highest BCUT2D eigenvalue weighted by Gasteiger charge is 2.28. The van der Waals surface area contributed by atoms with Gasteiger partial charge in [-0.1, -0.05) is 19.0 Å². The number of nitrogens with zero attached hydrogens (tertiary/aromatic N) is 3. The maximum absolute atomic E-state index is 11.6. The lowest BCUT2D eigenvalue weighted by molar-refractivity contribution is -0.141. The zero-order chi connectivity index (χ0) is 13.1. The van der Waals surface area contributed by atoms with E-state index in [0.717, 1.165) is 0 Å². The largest absolute Gasteiger partial charge is 0.389 e. The van der Waals surface area contributed by atoms with Gasteiger partial charge in [0.25, 0.3) is 0 Å². The summed E-state index contributed by atoms with van der Waals surface area (Å²) < 4.78 is 5.10. The minimum absolute atomic E-state index is 0.0869. The molecule has 100 valence electrons. The van der Waals surface area contributed by atoms with Gasteiger partial charge in [-0.05, 0) is 6.42 Å². The fourth-order valence-corrected chi connectivity index (χ4v) is 1.81. The number of rotatable bonds is 5. The van der Waals surface area contributed by atoms with Gasteiger partial charge in [0, 0.05) is 31.8 Å². The molecule has 18 heavy (non-hydrogen) atoms. The Morgan fingerprint density at radius 1 is 1.56 bits per heavy atom. The van der Waals surface area contributed by atoms with E-state index in [0.29, 0.717) is 44.1 Å². The second-order valence-corrected chi connectivity index (χ2v) is 5.01. The van der Waals surface area contributed by atoms with Crippen molar-refractivity contribution in [3.8, 4) is 0 Å². The molecular formula is C12H19N3O3. The van der Waals surface area contributed by atoms with E-state index < -0.39 is 0 Å². The zero-order valence-electron chi connectivity index (χ0n) is 10.8.